The highest BCUT2D eigenvalue weighted by atomic mass is 32.2. The van der Waals surface area contributed by atoms with Crippen LogP contribution in [0, 0.1) is 0 Å². The maximum Gasteiger partial charge on any atom is 0.338 e. The van der Waals surface area contributed by atoms with Crippen molar-refractivity contribution in [3.05, 3.63) is 29.8 Å². The topological polar surface area (TPSA) is 80.8 Å². The monoisotopic (exact) mass is 325 g/mol. The minimum absolute atomic E-state index is 0.0756. The fourth-order valence-electron chi connectivity index (χ4n) is 2.29. The maximum atomic E-state index is 12.5. The highest BCUT2D eigenvalue weighted by Crippen LogP contribution is 2.21. The van der Waals surface area contributed by atoms with Crippen LogP contribution in [0.5, 0.6) is 0 Å². The largest absolute Gasteiger partial charge is 0.454 e. The molecular weight excluding hydrogens is 306 g/mol. The van der Waals surface area contributed by atoms with Crippen molar-refractivity contribution in [2.45, 2.75) is 31.1 Å². The molecule has 120 valence electrons. The number of esters is 1. The van der Waals surface area contributed by atoms with Gasteiger partial charge in [-0.25, -0.2) is 13.2 Å². The SMILES string of the molecule is CC(=O)COC(=O)c1cccc(S(=O)(=O)N2CCCCC2)c1. The van der Waals surface area contributed by atoms with Crippen molar-refractivity contribution in [3.63, 3.8) is 0 Å². The second-order valence-corrected chi connectivity index (χ2v) is 7.21. The Morgan fingerprint density at radius 1 is 1.18 bits per heavy atom. The highest BCUT2D eigenvalue weighted by Gasteiger charge is 2.26. The lowest BCUT2D eigenvalue weighted by Gasteiger charge is -2.25. The molecule has 0 radical (unpaired) electrons. The van der Waals surface area contributed by atoms with E-state index in [-0.39, 0.29) is 22.8 Å². The summed E-state index contributed by atoms with van der Waals surface area (Å²) in [6.45, 7) is 2.00. The molecule has 1 aromatic carbocycles. The van der Waals surface area contributed by atoms with Gasteiger partial charge in [-0.1, -0.05) is 12.5 Å². The Labute approximate surface area is 130 Å². The molecule has 1 heterocycles. The number of nitrogens with zero attached hydrogens (tertiary/aromatic N) is 1. The van der Waals surface area contributed by atoms with E-state index < -0.39 is 16.0 Å². The van der Waals surface area contributed by atoms with Gasteiger partial charge in [0.15, 0.2) is 5.78 Å². The van der Waals surface area contributed by atoms with Gasteiger partial charge >= 0.3 is 5.97 Å². The number of ketones is 1. The van der Waals surface area contributed by atoms with Crippen molar-refractivity contribution >= 4 is 21.8 Å². The van der Waals surface area contributed by atoms with E-state index >= 15 is 0 Å². The molecule has 0 N–H and O–H groups in total. The average Bonchev–Trinajstić information content (AvgIpc) is 2.53. The van der Waals surface area contributed by atoms with E-state index in [2.05, 4.69) is 0 Å². The van der Waals surface area contributed by atoms with Gasteiger partial charge in [0, 0.05) is 13.1 Å². The quantitative estimate of drug-likeness (QED) is 0.768. The predicted octanol–water partition coefficient (Wildman–Crippen LogP) is 1.61. The first-order chi connectivity index (χ1) is 10.4. The molecule has 1 aliphatic rings. The van der Waals surface area contributed by atoms with E-state index in [0.29, 0.717) is 13.1 Å². The van der Waals surface area contributed by atoms with E-state index in [1.807, 2.05) is 0 Å². The van der Waals surface area contributed by atoms with Gasteiger partial charge in [-0.05, 0) is 38.0 Å². The summed E-state index contributed by atoms with van der Waals surface area (Å²) in [5, 5.41) is 0. The number of Topliss-reactive ketones (excluding diaryl/α,β-unsaturated/α-hetero) is 1. The third-order valence-corrected chi connectivity index (χ3v) is 5.32. The van der Waals surface area contributed by atoms with Crippen LogP contribution in [-0.2, 0) is 19.6 Å². The molecule has 0 atom stereocenters. The van der Waals surface area contributed by atoms with Gasteiger partial charge in [-0.2, -0.15) is 4.31 Å². The first-order valence-corrected chi connectivity index (χ1v) is 8.62. The lowest BCUT2D eigenvalue weighted by Crippen LogP contribution is -2.35. The first-order valence-electron chi connectivity index (χ1n) is 7.18. The van der Waals surface area contributed by atoms with Crippen molar-refractivity contribution in [3.8, 4) is 0 Å². The molecule has 0 unspecified atom stereocenters. The molecule has 0 aromatic heterocycles. The van der Waals surface area contributed by atoms with E-state index in [1.165, 1.54) is 35.5 Å². The van der Waals surface area contributed by atoms with Gasteiger partial charge in [0.05, 0.1) is 10.5 Å². The Balaban J connectivity index is 2.20. The summed E-state index contributed by atoms with van der Waals surface area (Å²) in [5.41, 5.74) is 0.124. The third-order valence-electron chi connectivity index (χ3n) is 3.43. The van der Waals surface area contributed by atoms with Crippen molar-refractivity contribution in [2.24, 2.45) is 0 Å². The van der Waals surface area contributed by atoms with Crippen LogP contribution in [-0.4, -0.2) is 44.2 Å². The number of ether oxygens (including phenoxy) is 1. The Bertz CT molecular complexity index is 662. The molecule has 0 bridgehead atoms. The molecule has 1 saturated heterocycles. The predicted molar refractivity (Wildman–Crippen MR) is 80.0 cm³/mol. The minimum Gasteiger partial charge on any atom is -0.454 e. The van der Waals surface area contributed by atoms with E-state index in [0.717, 1.165) is 19.3 Å². The van der Waals surface area contributed by atoms with Crippen molar-refractivity contribution in [1.82, 2.24) is 4.31 Å². The Morgan fingerprint density at radius 3 is 2.50 bits per heavy atom. The summed E-state index contributed by atoms with van der Waals surface area (Å²) >= 11 is 0. The van der Waals surface area contributed by atoms with Crippen molar-refractivity contribution in [2.75, 3.05) is 19.7 Å². The fourth-order valence-corrected chi connectivity index (χ4v) is 3.85. The molecule has 6 nitrogen and oxygen atoms in total. The molecular formula is C15H19NO5S. The second kappa shape index (κ2) is 7.02. The zero-order chi connectivity index (χ0) is 16.2. The molecule has 1 fully saturated rings. The molecule has 1 aliphatic heterocycles. The lowest BCUT2D eigenvalue weighted by atomic mass is 10.2. The van der Waals surface area contributed by atoms with Crippen LogP contribution in [0.2, 0.25) is 0 Å². The lowest BCUT2D eigenvalue weighted by molar-refractivity contribution is -0.120. The molecule has 0 spiro atoms. The van der Waals surface area contributed by atoms with Crippen LogP contribution < -0.4 is 0 Å². The number of carbonyl (C=O) groups is 2. The van der Waals surface area contributed by atoms with Gasteiger partial charge in [0.2, 0.25) is 10.0 Å². The van der Waals surface area contributed by atoms with Crippen LogP contribution in [0.15, 0.2) is 29.2 Å². The van der Waals surface area contributed by atoms with Crippen LogP contribution in [0.4, 0.5) is 0 Å². The number of hydrogen-bond acceptors (Lipinski definition) is 5. The van der Waals surface area contributed by atoms with Gasteiger partial charge in [0.25, 0.3) is 0 Å². The van der Waals surface area contributed by atoms with Crippen LogP contribution in [0.25, 0.3) is 0 Å². The standard InChI is InChI=1S/C15H19NO5S/c1-12(17)11-21-15(18)13-6-5-7-14(10-13)22(19,20)16-8-3-2-4-9-16/h5-7,10H,2-4,8-9,11H2,1H3. The van der Waals surface area contributed by atoms with Gasteiger partial charge in [-0.15, -0.1) is 0 Å². The zero-order valence-electron chi connectivity index (χ0n) is 12.4. The number of piperidine rings is 1. The summed E-state index contributed by atoms with van der Waals surface area (Å²) < 4.78 is 31.3. The van der Waals surface area contributed by atoms with E-state index in [4.69, 9.17) is 4.74 Å². The van der Waals surface area contributed by atoms with Crippen LogP contribution in [0.3, 0.4) is 0 Å². The zero-order valence-corrected chi connectivity index (χ0v) is 13.3. The highest BCUT2D eigenvalue weighted by molar-refractivity contribution is 7.89. The minimum atomic E-state index is -3.59. The Kier molecular flexibility index (Phi) is 5.31. The van der Waals surface area contributed by atoms with Crippen LogP contribution >= 0.6 is 0 Å². The normalized spacial score (nSPS) is 16.2. The molecule has 7 heteroatoms. The van der Waals surface area contributed by atoms with Crippen LogP contribution in [0.1, 0.15) is 36.5 Å². The summed E-state index contributed by atoms with van der Waals surface area (Å²) in [7, 11) is -3.59. The molecule has 0 amide bonds. The van der Waals surface area contributed by atoms with Crippen molar-refractivity contribution < 1.29 is 22.7 Å². The Hall–Kier alpha value is -1.73. The number of sulfonamides is 1. The first kappa shape index (κ1) is 16.6. The van der Waals surface area contributed by atoms with Gasteiger partial charge < -0.3 is 4.74 Å². The third kappa shape index (κ3) is 3.92. The number of carbonyl (C=O) groups excluding carboxylic acids is 2. The molecule has 1 aromatic rings. The van der Waals surface area contributed by atoms with Gasteiger partial charge in [-0.3, -0.25) is 4.79 Å². The summed E-state index contributed by atoms with van der Waals surface area (Å²) in [6, 6.07) is 5.73. The molecule has 0 aliphatic carbocycles. The summed E-state index contributed by atoms with van der Waals surface area (Å²) in [4.78, 5) is 22.7. The smallest absolute Gasteiger partial charge is 0.338 e. The number of benzene rings is 1. The second-order valence-electron chi connectivity index (χ2n) is 5.27. The number of rotatable bonds is 5. The van der Waals surface area contributed by atoms with Gasteiger partial charge in [0.1, 0.15) is 6.61 Å². The fraction of sp³-hybridized carbons (Fsp3) is 0.467. The molecule has 2 rings (SSSR count). The van der Waals surface area contributed by atoms with E-state index in [9.17, 15) is 18.0 Å². The summed E-state index contributed by atoms with van der Waals surface area (Å²) in [6.07, 6.45) is 2.72. The summed E-state index contributed by atoms with van der Waals surface area (Å²) in [5.74, 6) is -0.976. The Morgan fingerprint density at radius 2 is 1.86 bits per heavy atom. The van der Waals surface area contributed by atoms with E-state index in [1.54, 1.807) is 0 Å². The van der Waals surface area contributed by atoms with Crippen molar-refractivity contribution in [1.29, 1.82) is 0 Å². The molecule has 0 saturated carbocycles. The molecule has 22 heavy (non-hydrogen) atoms. The average molecular weight is 325 g/mol. The maximum absolute atomic E-state index is 12.5. The number of hydrogen-bond donors (Lipinski definition) is 0.